The number of nitrogens with one attached hydrogen (secondary N) is 1. The van der Waals surface area contributed by atoms with E-state index >= 15 is 0 Å². The van der Waals surface area contributed by atoms with E-state index in [-0.39, 0.29) is 5.60 Å². The van der Waals surface area contributed by atoms with Gasteiger partial charge in [0.1, 0.15) is 0 Å². The molecule has 2 aliphatic rings. The molecule has 2 rings (SSSR count). The third-order valence-electron chi connectivity index (χ3n) is 3.85. The van der Waals surface area contributed by atoms with Gasteiger partial charge in [-0.05, 0) is 31.6 Å². The molecular formula is C11H21NO. The highest BCUT2D eigenvalue weighted by Gasteiger charge is 2.42. The predicted octanol–water partition coefficient (Wildman–Crippen LogP) is 1.68. The fraction of sp³-hybridized carbons (Fsp3) is 1.00. The van der Waals surface area contributed by atoms with E-state index in [0.29, 0.717) is 18.0 Å². The number of piperidine rings is 2. The van der Waals surface area contributed by atoms with Gasteiger partial charge in [0.15, 0.2) is 0 Å². The Bertz CT molecular complexity index is 179. The molecule has 2 fully saturated rings. The van der Waals surface area contributed by atoms with Crippen LogP contribution in [0.1, 0.15) is 46.0 Å². The van der Waals surface area contributed by atoms with Crippen LogP contribution in [0.5, 0.6) is 0 Å². The smallest absolute Gasteiger partial charge is 0.0700 e. The Balaban J connectivity index is 2.08. The minimum atomic E-state index is -0.388. The molecule has 0 spiro atoms. The van der Waals surface area contributed by atoms with E-state index in [9.17, 15) is 5.11 Å². The Kier molecular flexibility index (Phi) is 2.37. The lowest BCUT2D eigenvalue weighted by Crippen LogP contribution is -2.57. The first-order chi connectivity index (χ1) is 6.10. The maximum atomic E-state index is 10.4. The molecule has 2 unspecified atom stereocenters. The molecule has 2 heterocycles. The molecule has 2 bridgehead atoms. The first-order valence-electron chi connectivity index (χ1n) is 5.58. The van der Waals surface area contributed by atoms with Gasteiger partial charge < -0.3 is 10.4 Å². The van der Waals surface area contributed by atoms with Crippen LogP contribution in [0.25, 0.3) is 0 Å². The predicted molar refractivity (Wildman–Crippen MR) is 53.6 cm³/mol. The third-order valence-corrected chi connectivity index (χ3v) is 3.85. The van der Waals surface area contributed by atoms with Crippen molar-refractivity contribution in [3.63, 3.8) is 0 Å². The van der Waals surface area contributed by atoms with Crippen molar-refractivity contribution in [2.24, 2.45) is 5.92 Å². The van der Waals surface area contributed by atoms with Crippen molar-refractivity contribution in [1.29, 1.82) is 0 Å². The zero-order chi connectivity index (χ0) is 9.47. The molecule has 0 aromatic rings. The normalized spacial score (nSPS) is 45.2. The topological polar surface area (TPSA) is 32.3 Å². The molecule has 0 aromatic carbocycles. The van der Waals surface area contributed by atoms with E-state index < -0.39 is 0 Å². The van der Waals surface area contributed by atoms with Crippen molar-refractivity contribution in [2.45, 2.75) is 63.6 Å². The van der Waals surface area contributed by atoms with Crippen LogP contribution in [-0.4, -0.2) is 22.8 Å². The van der Waals surface area contributed by atoms with Crippen molar-refractivity contribution >= 4 is 0 Å². The maximum absolute atomic E-state index is 10.4. The Labute approximate surface area is 80.7 Å². The van der Waals surface area contributed by atoms with Crippen LogP contribution in [0.2, 0.25) is 0 Å². The second kappa shape index (κ2) is 3.25. The van der Waals surface area contributed by atoms with Crippen molar-refractivity contribution < 1.29 is 5.11 Å². The highest BCUT2D eigenvalue weighted by Crippen LogP contribution is 2.36. The van der Waals surface area contributed by atoms with Gasteiger partial charge >= 0.3 is 0 Å². The van der Waals surface area contributed by atoms with E-state index in [2.05, 4.69) is 19.2 Å². The molecule has 2 N–H and O–H groups in total. The number of hydrogen-bond donors (Lipinski definition) is 2. The molecule has 2 atom stereocenters. The highest BCUT2D eigenvalue weighted by molar-refractivity contribution is 4.98. The average Bonchev–Trinajstić information content (AvgIpc) is 2.02. The highest BCUT2D eigenvalue weighted by atomic mass is 16.3. The molecule has 2 heteroatoms. The summed E-state index contributed by atoms with van der Waals surface area (Å²) in [6.07, 6.45) is 5.77. The van der Waals surface area contributed by atoms with Crippen LogP contribution in [0.15, 0.2) is 0 Å². The van der Waals surface area contributed by atoms with Crippen LogP contribution in [0, 0.1) is 5.92 Å². The second-order valence-electron chi connectivity index (χ2n) is 5.16. The van der Waals surface area contributed by atoms with Crippen LogP contribution >= 0.6 is 0 Å². The van der Waals surface area contributed by atoms with Gasteiger partial charge in [0.2, 0.25) is 0 Å². The van der Waals surface area contributed by atoms with Crippen LogP contribution in [0.4, 0.5) is 0 Å². The summed E-state index contributed by atoms with van der Waals surface area (Å²) in [6.45, 7) is 4.28. The molecule has 13 heavy (non-hydrogen) atoms. The maximum Gasteiger partial charge on any atom is 0.0700 e. The van der Waals surface area contributed by atoms with E-state index in [1.165, 1.54) is 19.3 Å². The van der Waals surface area contributed by atoms with E-state index in [0.717, 1.165) is 12.8 Å². The molecule has 0 radical (unpaired) electrons. The Morgan fingerprint density at radius 2 is 1.77 bits per heavy atom. The SMILES string of the molecule is CC(C)C1(O)CC2CCCC(C1)N2. The lowest BCUT2D eigenvalue weighted by atomic mass is 9.72. The molecule has 0 aliphatic carbocycles. The Morgan fingerprint density at radius 1 is 1.23 bits per heavy atom. The molecule has 0 aromatic heterocycles. The Hall–Kier alpha value is -0.0800. The first kappa shape index (κ1) is 9.47. The van der Waals surface area contributed by atoms with Crippen molar-refractivity contribution in [2.75, 3.05) is 0 Å². The zero-order valence-corrected chi connectivity index (χ0v) is 8.71. The van der Waals surface area contributed by atoms with E-state index in [1.807, 2.05) is 0 Å². The van der Waals surface area contributed by atoms with Gasteiger partial charge in [-0.15, -0.1) is 0 Å². The lowest BCUT2D eigenvalue weighted by Gasteiger charge is -2.47. The molecular weight excluding hydrogens is 162 g/mol. The van der Waals surface area contributed by atoms with Gasteiger partial charge in [0, 0.05) is 12.1 Å². The van der Waals surface area contributed by atoms with Crippen LogP contribution in [-0.2, 0) is 0 Å². The third kappa shape index (κ3) is 1.75. The number of aliphatic hydroxyl groups is 1. The van der Waals surface area contributed by atoms with Gasteiger partial charge in [-0.2, -0.15) is 0 Å². The van der Waals surface area contributed by atoms with Gasteiger partial charge in [-0.1, -0.05) is 20.3 Å². The summed E-state index contributed by atoms with van der Waals surface area (Å²) < 4.78 is 0. The number of rotatable bonds is 1. The first-order valence-corrected chi connectivity index (χ1v) is 5.58. The van der Waals surface area contributed by atoms with Gasteiger partial charge in [0.25, 0.3) is 0 Å². The molecule has 2 nitrogen and oxygen atoms in total. The molecule has 2 saturated heterocycles. The van der Waals surface area contributed by atoms with Crippen molar-refractivity contribution in [3.05, 3.63) is 0 Å². The fourth-order valence-electron chi connectivity index (χ4n) is 2.84. The van der Waals surface area contributed by atoms with Gasteiger partial charge in [-0.3, -0.25) is 0 Å². The molecule has 0 saturated carbocycles. The average molecular weight is 183 g/mol. The quantitative estimate of drug-likeness (QED) is 0.648. The fourth-order valence-corrected chi connectivity index (χ4v) is 2.84. The summed E-state index contributed by atoms with van der Waals surface area (Å²) in [5.74, 6) is 0.401. The monoisotopic (exact) mass is 183 g/mol. The standard InChI is InChI=1S/C11H21NO/c1-8(2)11(13)6-9-4-3-5-10(7-11)12-9/h8-10,12-13H,3-7H2,1-2H3. The minimum absolute atomic E-state index is 0.388. The molecule has 76 valence electrons. The van der Waals surface area contributed by atoms with Gasteiger partial charge in [0.05, 0.1) is 5.60 Å². The molecule has 0 amide bonds. The van der Waals surface area contributed by atoms with E-state index in [4.69, 9.17) is 0 Å². The summed E-state index contributed by atoms with van der Waals surface area (Å²) in [5.41, 5.74) is -0.388. The van der Waals surface area contributed by atoms with Crippen molar-refractivity contribution in [3.8, 4) is 0 Å². The van der Waals surface area contributed by atoms with Gasteiger partial charge in [-0.25, -0.2) is 0 Å². The minimum Gasteiger partial charge on any atom is -0.390 e. The lowest BCUT2D eigenvalue weighted by molar-refractivity contribution is -0.0655. The Morgan fingerprint density at radius 3 is 2.23 bits per heavy atom. The van der Waals surface area contributed by atoms with E-state index in [1.54, 1.807) is 0 Å². The van der Waals surface area contributed by atoms with Crippen molar-refractivity contribution in [1.82, 2.24) is 5.32 Å². The molecule has 2 aliphatic heterocycles. The zero-order valence-electron chi connectivity index (χ0n) is 8.71. The summed E-state index contributed by atoms with van der Waals surface area (Å²) in [6, 6.07) is 1.17. The summed E-state index contributed by atoms with van der Waals surface area (Å²) in [7, 11) is 0. The largest absolute Gasteiger partial charge is 0.390 e. The summed E-state index contributed by atoms with van der Waals surface area (Å²) in [4.78, 5) is 0. The summed E-state index contributed by atoms with van der Waals surface area (Å²) >= 11 is 0. The number of fused-ring (bicyclic) bond motifs is 2. The van der Waals surface area contributed by atoms with Crippen LogP contribution < -0.4 is 5.32 Å². The number of hydrogen-bond acceptors (Lipinski definition) is 2. The summed E-state index contributed by atoms with van der Waals surface area (Å²) in [5, 5.41) is 14.0. The second-order valence-corrected chi connectivity index (χ2v) is 5.16. The van der Waals surface area contributed by atoms with Crippen LogP contribution in [0.3, 0.4) is 0 Å².